The Kier molecular flexibility index (Phi) is 3.23. The number of benzene rings is 2. The van der Waals surface area contributed by atoms with Crippen molar-refractivity contribution in [1.82, 2.24) is 0 Å². The van der Waals surface area contributed by atoms with Gasteiger partial charge < -0.3 is 9.52 Å². The van der Waals surface area contributed by atoms with Crippen molar-refractivity contribution in [2.45, 2.75) is 0 Å². The lowest BCUT2D eigenvalue weighted by atomic mass is 10.0. The Bertz CT molecular complexity index is 897. The highest BCUT2D eigenvalue weighted by Gasteiger charge is 2.22. The molecule has 21 heavy (non-hydrogen) atoms. The van der Waals surface area contributed by atoms with Gasteiger partial charge in [0, 0.05) is 5.56 Å². The molecule has 0 aliphatic carbocycles. The highest BCUT2D eigenvalue weighted by molar-refractivity contribution is 6.35. The lowest BCUT2D eigenvalue weighted by Gasteiger charge is -2.08. The van der Waals surface area contributed by atoms with Crippen LogP contribution < -0.4 is 5.43 Å². The van der Waals surface area contributed by atoms with Gasteiger partial charge in [0.2, 0.25) is 5.43 Å². The van der Waals surface area contributed by atoms with E-state index in [1.165, 1.54) is 6.07 Å². The predicted molar refractivity (Wildman–Crippen MR) is 79.9 cm³/mol. The lowest BCUT2D eigenvalue weighted by molar-refractivity contribution is 0.0694. The van der Waals surface area contributed by atoms with E-state index in [9.17, 15) is 14.7 Å². The smallest absolute Gasteiger partial charge is 0.343 e. The summed E-state index contributed by atoms with van der Waals surface area (Å²) in [6.45, 7) is 0. The molecule has 1 heterocycles. The number of fused-ring (bicyclic) bond motifs is 1. The summed E-state index contributed by atoms with van der Waals surface area (Å²) in [4.78, 5) is 23.9. The van der Waals surface area contributed by atoms with Crippen molar-refractivity contribution in [3.63, 3.8) is 0 Å². The molecule has 0 amide bonds. The van der Waals surface area contributed by atoms with Crippen molar-refractivity contribution in [2.24, 2.45) is 0 Å². The molecule has 2 aromatic carbocycles. The maximum absolute atomic E-state index is 12.5. The first-order chi connectivity index (χ1) is 10.1. The molecular weight excluding hydrogens is 292 g/mol. The van der Waals surface area contributed by atoms with Crippen LogP contribution in [0.3, 0.4) is 0 Å². The van der Waals surface area contributed by atoms with E-state index in [1.54, 1.807) is 42.5 Å². The fourth-order valence-electron chi connectivity index (χ4n) is 2.19. The summed E-state index contributed by atoms with van der Waals surface area (Å²) in [5.41, 5.74) is -0.278. The van der Waals surface area contributed by atoms with Gasteiger partial charge in [0.15, 0.2) is 11.3 Å². The molecule has 0 radical (unpaired) electrons. The molecule has 1 N–H and O–H groups in total. The Hall–Kier alpha value is -2.59. The van der Waals surface area contributed by atoms with Gasteiger partial charge in [0.05, 0.1) is 10.4 Å². The topological polar surface area (TPSA) is 67.5 Å². The molecule has 104 valence electrons. The van der Waals surface area contributed by atoms with E-state index in [0.29, 0.717) is 5.56 Å². The zero-order chi connectivity index (χ0) is 15.0. The first kappa shape index (κ1) is 13.4. The number of carbonyl (C=O) groups is 1. The van der Waals surface area contributed by atoms with Crippen molar-refractivity contribution < 1.29 is 14.3 Å². The second-order valence-electron chi connectivity index (χ2n) is 4.42. The first-order valence-corrected chi connectivity index (χ1v) is 6.51. The van der Waals surface area contributed by atoms with Gasteiger partial charge in [-0.1, -0.05) is 48.0 Å². The summed E-state index contributed by atoms with van der Waals surface area (Å²) < 4.78 is 5.64. The molecule has 0 aliphatic heterocycles. The average Bonchev–Trinajstić information content (AvgIpc) is 2.47. The molecule has 0 fully saturated rings. The van der Waals surface area contributed by atoms with E-state index in [4.69, 9.17) is 16.0 Å². The maximum atomic E-state index is 12.5. The van der Waals surface area contributed by atoms with Crippen LogP contribution in [0.2, 0.25) is 5.02 Å². The Balaban J connectivity index is 2.48. The molecule has 1 aromatic heterocycles. The van der Waals surface area contributed by atoms with Crippen LogP contribution in [0, 0.1) is 0 Å². The molecule has 0 atom stereocenters. The molecule has 0 saturated heterocycles. The minimum atomic E-state index is -1.34. The van der Waals surface area contributed by atoms with Gasteiger partial charge in [0.1, 0.15) is 5.58 Å². The number of rotatable bonds is 2. The summed E-state index contributed by atoms with van der Waals surface area (Å²) >= 11 is 5.98. The van der Waals surface area contributed by atoms with E-state index in [2.05, 4.69) is 0 Å². The van der Waals surface area contributed by atoms with E-state index < -0.39 is 17.0 Å². The third-order valence-corrected chi connectivity index (χ3v) is 3.43. The highest BCUT2D eigenvalue weighted by Crippen LogP contribution is 2.28. The average molecular weight is 301 g/mol. The molecule has 0 saturated carbocycles. The Labute approximate surface area is 124 Å². The van der Waals surface area contributed by atoms with Crippen molar-refractivity contribution in [3.05, 3.63) is 69.3 Å². The van der Waals surface area contributed by atoms with E-state index >= 15 is 0 Å². The van der Waals surface area contributed by atoms with Crippen LogP contribution >= 0.6 is 11.6 Å². The maximum Gasteiger partial charge on any atom is 0.343 e. The molecule has 0 bridgehead atoms. The summed E-state index contributed by atoms with van der Waals surface area (Å²) in [5.74, 6) is -1.31. The SMILES string of the molecule is O=C(O)c1c(-c2ccccc2)oc2cccc(Cl)c2c1=O. The number of carboxylic acids is 1. The first-order valence-electron chi connectivity index (χ1n) is 6.13. The van der Waals surface area contributed by atoms with Crippen LogP contribution in [0.5, 0.6) is 0 Å². The summed E-state index contributed by atoms with van der Waals surface area (Å²) in [6.07, 6.45) is 0. The van der Waals surface area contributed by atoms with Gasteiger partial charge >= 0.3 is 5.97 Å². The number of hydrogen-bond donors (Lipinski definition) is 1. The highest BCUT2D eigenvalue weighted by atomic mass is 35.5. The largest absolute Gasteiger partial charge is 0.477 e. The van der Waals surface area contributed by atoms with Crippen molar-refractivity contribution in [2.75, 3.05) is 0 Å². The Morgan fingerprint density at radius 3 is 2.43 bits per heavy atom. The Morgan fingerprint density at radius 1 is 1.05 bits per heavy atom. The third-order valence-electron chi connectivity index (χ3n) is 3.12. The van der Waals surface area contributed by atoms with Crippen molar-refractivity contribution in [3.8, 4) is 11.3 Å². The number of aromatic carboxylic acids is 1. The van der Waals surface area contributed by atoms with E-state index in [-0.39, 0.29) is 21.8 Å². The second kappa shape index (κ2) is 5.07. The second-order valence-corrected chi connectivity index (χ2v) is 4.83. The van der Waals surface area contributed by atoms with Crippen LogP contribution in [0.15, 0.2) is 57.7 Å². The molecule has 4 nitrogen and oxygen atoms in total. The third kappa shape index (κ3) is 2.19. The van der Waals surface area contributed by atoms with Gasteiger partial charge in [0.25, 0.3) is 0 Å². The molecule has 3 aromatic rings. The molecule has 5 heteroatoms. The van der Waals surface area contributed by atoms with Gasteiger partial charge in [-0.3, -0.25) is 4.79 Å². The molecule has 3 rings (SSSR count). The molecule has 0 unspecified atom stereocenters. The van der Waals surface area contributed by atoms with Gasteiger partial charge in [-0.2, -0.15) is 0 Å². The van der Waals surface area contributed by atoms with E-state index in [1.807, 2.05) is 0 Å². The number of carboxylic acid groups (broad SMARTS) is 1. The van der Waals surface area contributed by atoms with Crippen LogP contribution in [0.4, 0.5) is 0 Å². The molecule has 0 aliphatic rings. The zero-order valence-corrected chi connectivity index (χ0v) is 11.4. The fraction of sp³-hybridized carbons (Fsp3) is 0. The predicted octanol–water partition coefficient (Wildman–Crippen LogP) is 3.81. The fourth-order valence-corrected chi connectivity index (χ4v) is 2.44. The normalized spacial score (nSPS) is 10.7. The van der Waals surface area contributed by atoms with Gasteiger partial charge in [-0.15, -0.1) is 0 Å². The van der Waals surface area contributed by atoms with Crippen molar-refractivity contribution in [1.29, 1.82) is 0 Å². The summed E-state index contributed by atoms with van der Waals surface area (Å²) in [5, 5.41) is 9.60. The van der Waals surface area contributed by atoms with Crippen LogP contribution in [0.25, 0.3) is 22.3 Å². The van der Waals surface area contributed by atoms with Gasteiger partial charge in [-0.05, 0) is 12.1 Å². The quantitative estimate of drug-likeness (QED) is 0.781. The molecule has 0 spiro atoms. The lowest BCUT2D eigenvalue weighted by Crippen LogP contribution is -2.16. The van der Waals surface area contributed by atoms with E-state index in [0.717, 1.165) is 0 Å². The van der Waals surface area contributed by atoms with Crippen LogP contribution in [-0.2, 0) is 0 Å². The standard InChI is InChI=1S/C16H9ClO4/c17-10-7-4-8-11-12(10)14(18)13(16(19)20)15(21-11)9-5-2-1-3-6-9/h1-8H,(H,19,20). The monoisotopic (exact) mass is 300 g/mol. The minimum absolute atomic E-state index is 0.0304. The number of halogens is 1. The zero-order valence-electron chi connectivity index (χ0n) is 10.7. The minimum Gasteiger partial charge on any atom is -0.477 e. The van der Waals surface area contributed by atoms with Crippen LogP contribution in [-0.4, -0.2) is 11.1 Å². The Morgan fingerprint density at radius 2 is 1.76 bits per heavy atom. The summed E-state index contributed by atoms with van der Waals surface area (Å²) in [6, 6.07) is 13.4. The van der Waals surface area contributed by atoms with Crippen molar-refractivity contribution >= 4 is 28.5 Å². The number of hydrogen-bond acceptors (Lipinski definition) is 3. The molecular formula is C16H9ClO4. The summed E-state index contributed by atoms with van der Waals surface area (Å²) in [7, 11) is 0. The van der Waals surface area contributed by atoms with Gasteiger partial charge in [-0.25, -0.2) is 4.79 Å². The van der Waals surface area contributed by atoms with Crippen LogP contribution in [0.1, 0.15) is 10.4 Å².